The first-order valence-electron chi connectivity index (χ1n) is 11.0. The lowest BCUT2D eigenvalue weighted by Gasteiger charge is -2.28. The third-order valence-electron chi connectivity index (χ3n) is 5.42. The van der Waals surface area contributed by atoms with E-state index in [0.717, 1.165) is 24.0 Å². The molecule has 2 aromatic rings. The van der Waals surface area contributed by atoms with Crippen LogP contribution in [0.2, 0.25) is 0 Å². The molecule has 0 fully saturated rings. The van der Waals surface area contributed by atoms with Crippen LogP contribution in [0.15, 0.2) is 65.9 Å². The molecule has 1 heterocycles. The monoisotopic (exact) mass is 421 g/mol. The van der Waals surface area contributed by atoms with Gasteiger partial charge in [-0.1, -0.05) is 61.9 Å². The van der Waals surface area contributed by atoms with Crippen molar-refractivity contribution in [3.63, 3.8) is 0 Å². The van der Waals surface area contributed by atoms with Crippen LogP contribution >= 0.6 is 0 Å². The molecule has 1 atom stereocenters. The average molecular weight is 422 g/mol. The van der Waals surface area contributed by atoms with Gasteiger partial charge in [0.15, 0.2) is 11.5 Å². The topological polar surface area (TPSA) is 66.8 Å². The Hall–Kier alpha value is -3.08. The number of carbonyl (C=O) groups is 2. The number of hydrogen-bond donors (Lipinski definition) is 1. The number of hydrogen-bond acceptors (Lipinski definition) is 4. The molecule has 1 aliphatic heterocycles. The van der Waals surface area contributed by atoms with Gasteiger partial charge < -0.3 is 14.7 Å². The number of rotatable bonds is 10. The van der Waals surface area contributed by atoms with Crippen molar-refractivity contribution < 1.29 is 19.4 Å². The normalized spacial score (nSPS) is 16.3. The number of Topliss-reactive ketones (excluding diaryl/α,β-unsaturated/α-hetero) is 1. The summed E-state index contributed by atoms with van der Waals surface area (Å²) in [7, 11) is 0. The molecular weight excluding hydrogens is 390 g/mol. The molecule has 0 aromatic heterocycles. The first kappa shape index (κ1) is 22.6. The molecule has 1 amide bonds. The maximum absolute atomic E-state index is 13.3. The smallest absolute Gasteiger partial charge is 0.290 e. The summed E-state index contributed by atoms with van der Waals surface area (Å²) in [6, 6.07) is 16.6. The quantitative estimate of drug-likeness (QED) is 0.575. The highest BCUT2D eigenvalue weighted by atomic mass is 16.5. The van der Waals surface area contributed by atoms with E-state index in [-0.39, 0.29) is 23.9 Å². The Morgan fingerprint density at radius 3 is 2.45 bits per heavy atom. The molecule has 5 heteroatoms. The Labute approximate surface area is 184 Å². The number of aryl methyl sites for hydroxylation is 1. The maximum Gasteiger partial charge on any atom is 0.290 e. The summed E-state index contributed by atoms with van der Waals surface area (Å²) in [5, 5.41) is 10.7. The van der Waals surface area contributed by atoms with E-state index in [1.807, 2.05) is 75.4 Å². The van der Waals surface area contributed by atoms with Crippen LogP contribution in [0.3, 0.4) is 0 Å². The van der Waals surface area contributed by atoms with Gasteiger partial charge in [-0.2, -0.15) is 0 Å². The van der Waals surface area contributed by atoms with Gasteiger partial charge in [0.05, 0.1) is 17.7 Å². The van der Waals surface area contributed by atoms with Crippen LogP contribution in [-0.4, -0.2) is 34.3 Å². The molecule has 164 valence electrons. The third-order valence-corrected chi connectivity index (χ3v) is 5.42. The second-order valence-electron chi connectivity index (χ2n) is 8.13. The molecular formula is C26H31NO4. The van der Waals surface area contributed by atoms with Gasteiger partial charge in [0.1, 0.15) is 5.75 Å². The summed E-state index contributed by atoms with van der Waals surface area (Å²) in [6.07, 6.45) is 2.41. The Bertz CT molecular complexity index is 949. The van der Waals surface area contributed by atoms with Crippen LogP contribution < -0.4 is 4.74 Å². The largest absolute Gasteiger partial charge is 0.503 e. The van der Waals surface area contributed by atoms with Crippen LogP contribution in [0.5, 0.6) is 5.75 Å². The Kier molecular flexibility index (Phi) is 7.50. The van der Waals surface area contributed by atoms with Crippen LogP contribution in [0.4, 0.5) is 0 Å². The van der Waals surface area contributed by atoms with Gasteiger partial charge in [-0.3, -0.25) is 9.59 Å². The Morgan fingerprint density at radius 1 is 1.10 bits per heavy atom. The zero-order valence-corrected chi connectivity index (χ0v) is 18.5. The zero-order chi connectivity index (χ0) is 22.4. The van der Waals surface area contributed by atoms with Crippen molar-refractivity contribution in [3.8, 4) is 5.75 Å². The summed E-state index contributed by atoms with van der Waals surface area (Å²) in [6.45, 7) is 6.38. The first-order valence-corrected chi connectivity index (χ1v) is 11.0. The summed E-state index contributed by atoms with van der Waals surface area (Å²) in [5.41, 5.74) is 1.95. The molecule has 31 heavy (non-hydrogen) atoms. The highest BCUT2D eigenvalue weighted by Gasteiger charge is 2.43. The fourth-order valence-electron chi connectivity index (χ4n) is 3.93. The molecule has 1 aliphatic rings. The number of unbranched alkanes of at least 4 members (excludes halogenated alkanes) is 1. The molecule has 3 rings (SSSR count). The van der Waals surface area contributed by atoms with E-state index in [2.05, 4.69) is 0 Å². The van der Waals surface area contributed by atoms with Crippen molar-refractivity contribution >= 4 is 11.7 Å². The predicted octanol–water partition coefficient (Wildman–Crippen LogP) is 5.17. The average Bonchev–Trinajstić information content (AvgIpc) is 3.01. The van der Waals surface area contributed by atoms with Gasteiger partial charge in [0, 0.05) is 18.5 Å². The second-order valence-corrected chi connectivity index (χ2v) is 8.13. The number of carbonyl (C=O) groups excluding carboxylic acids is 2. The molecule has 5 nitrogen and oxygen atoms in total. The summed E-state index contributed by atoms with van der Waals surface area (Å²) in [5.74, 6) is -0.503. The van der Waals surface area contributed by atoms with Crippen molar-refractivity contribution in [2.45, 2.75) is 58.6 Å². The van der Waals surface area contributed by atoms with Crippen molar-refractivity contribution in [2.24, 2.45) is 0 Å². The van der Waals surface area contributed by atoms with Crippen molar-refractivity contribution in [1.29, 1.82) is 0 Å². The zero-order valence-electron chi connectivity index (χ0n) is 18.5. The van der Waals surface area contributed by atoms with Gasteiger partial charge in [-0.25, -0.2) is 0 Å². The number of ketones is 1. The summed E-state index contributed by atoms with van der Waals surface area (Å²) >= 11 is 0. The van der Waals surface area contributed by atoms with E-state index < -0.39 is 17.7 Å². The van der Waals surface area contributed by atoms with Crippen molar-refractivity contribution in [3.05, 3.63) is 77.1 Å². The maximum atomic E-state index is 13.3. The molecule has 0 aliphatic carbocycles. The van der Waals surface area contributed by atoms with Gasteiger partial charge in [-0.15, -0.1) is 0 Å². The molecule has 1 unspecified atom stereocenters. The SMILES string of the molecule is CCCCN1C(=O)C(O)=C(C(=O)CCc2ccccc2)C1c1ccccc1OC(C)C. The lowest BCUT2D eigenvalue weighted by Crippen LogP contribution is -2.32. The predicted molar refractivity (Wildman–Crippen MR) is 121 cm³/mol. The van der Waals surface area contributed by atoms with Crippen molar-refractivity contribution in [1.82, 2.24) is 4.90 Å². The number of nitrogens with zero attached hydrogens (tertiary/aromatic N) is 1. The van der Waals surface area contributed by atoms with Crippen LogP contribution in [0, 0.1) is 0 Å². The second kappa shape index (κ2) is 10.3. The number of benzene rings is 2. The highest BCUT2D eigenvalue weighted by Crippen LogP contribution is 2.42. The van der Waals surface area contributed by atoms with E-state index in [4.69, 9.17) is 4.74 Å². The number of amides is 1. The van der Waals surface area contributed by atoms with E-state index in [1.165, 1.54) is 0 Å². The van der Waals surface area contributed by atoms with Gasteiger partial charge >= 0.3 is 0 Å². The highest BCUT2D eigenvalue weighted by molar-refractivity contribution is 6.09. The minimum Gasteiger partial charge on any atom is -0.503 e. The lowest BCUT2D eigenvalue weighted by molar-refractivity contribution is -0.129. The number of aliphatic hydroxyl groups excluding tert-OH is 1. The standard InChI is InChI=1S/C26H31NO4/c1-4-5-17-27-24(20-13-9-10-14-22(20)31-18(2)3)23(25(29)26(27)30)21(28)16-15-19-11-7-6-8-12-19/h6-14,18,24,29H,4-5,15-17H2,1-3H3. The molecule has 0 radical (unpaired) electrons. The van der Waals surface area contributed by atoms with E-state index in [0.29, 0.717) is 18.7 Å². The molecule has 0 saturated heterocycles. The minimum atomic E-state index is -0.641. The van der Waals surface area contributed by atoms with Gasteiger partial charge in [0.25, 0.3) is 5.91 Å². The summed E-state index contributed by atoms with van der Waals surface area (Å²) < 4.78 is 5.98. The van der Waals surface area contributed by atoms with Gasteiger partial charge in [0.2, 0.25) is 0 Å². The molecule has 1 N–H and O–H groups in total. The van der Waals surface area contributed by atoms with E-state index >= 15 is 0 Å². The molecule has 2 aromatic carbocycles. The molecule has 0 bridgehead atoms. The van der Waals surface area contributed by atoms with Crippen LogP contribution in [0.25, 0.3) is 0 Å². The molecule has 0 spiro atoms. The third kappa shape index (κ3) is 5.16. The number of ether oxygens (including phenoxy) is 1. The molecule has 0 saturated carbocycles. The fraction of sp³-hybridized carbons (Fsp3) is 0.385. The van der Waals surface area contributed by atoms with Crippen molar-refractivity contribution in [2.75, 3.05) is 6.54 Å². The van der Waals surface area contributed by atoms with Crippen LogP contribution in [-0.2, 0) is 16.0 Å². The summed E-state index contributed by atoms with van der Waals surface area (Å²) in [4.78, 5) is 27.8. The minimum absolute atomic E-state index is 0.0582. The van der Waals surface area contributed by atoms with Gasteiger partial charge in [-0.05, 0) is 38.3 Å². The van der Waals surface area contributed by atoms with E-state index in [1.54, 1.807) is 4.90 Å². The number of aliphatic hydroxyl groups is 1. The Morgan fingerprint density at radius 2 is 1.77 bits per heavy atom. The first-order chi connectivity index (χ1) is 14.9. The number of para-hydroxylation sites is 1. The Balaban J connectivity index is 1.97. The van der Waals surface area contributed by atoms with Crippen LogP contribution in [0.1, 0.15) is 57.2 Å². The van der Waals surface area contributed by atoms with E-state index in [9.17, 15) is 14.7 Å². The lowest BCUT2D eigenvalue weighted by atomic mass is 9.92. The fourth-order valence-corrected chi connectivity index (χ4v) is 3.93.